The fourth-order valence-corrected chi connectivity index (χ4v) is 5.81. The summed E-state index contributed by atoms with van der Waals surface area (Å²) in [5, 5.41) is 12.3. The number of amides is 1. The van der Waals surface area contributed by atoms with Crippen LogP contribution in [0, 0.1) is 5.41 Å². The van der Waals surface area contributed by atoms with Crippen LogP contribution in [-0.4, -0.2) is 73.0 Å². The normalized spacial score (nSPS) is 14.6. The van der Waals surface area contributed by atoms with Crippen molar-refractivity contribution in [2.45, 2.75) is 52.7 Å². The van der Waals surface area contributed by atoms with Crippen LogP contribution in [0.1, 0.15) is 46.1 Å². The van der Waals surface area contributed by atoms with Gasteiger partial charge in [0, 0.05) is 50.7 Å². The van der Waals surface area contributed by atoms with Crippen LogP contribution in [-0.2, 0) is 18.3 Å². The third-order valence-electron chi connectivity index (χ3n) is 8.28. The highest BCUT2D eigenvalue weighted by molar-refractivity contribution is 6.34. The molecule has 13 nitrogen and oxygen atoms in total. The minimum Gasteiger partial charge on any atom is -0.497 e. The van der Waals surface area contributed by atoms with Gasteiger partial charge in [0.25, 0.3) is 5.88 Å². The van der Waals surface area contributed by atoms with E-state index in [1.807, 2.05) is 58.3 Å². The van der Waals surface area contributed by atoms with E-state index in [2.05, 4.69) is 27.2 Å². The molecular weight excluding hydrogens is 634 g/mol. The van der Waals surface area contributed by atoms with Gasteiger partial charge in [-0.25, -0.2) is 19.4 Å². The molecule has 1 aliphatic heterocycles. The molecule has 0 bridgehead atoms. The lowest BCUT2D eigenvalue weighted by molar-refractivity contribution is 0.0495. The van der Waals surface area contributed by atoms with Crippen LogP contribution in [0.2, 0.25) is 5.02 Å². The Morgan fingerprint density at radius 3 is 2.50 bits per heavy atom. The molecule has 1 saturated heterocycles. The third-order valence-corrected chi connectivity index (χ3v) is 8.65. The van der Waals surface area contributed by atoms with Crippen LogP contribution >= 0.6 is 11.6 Å². The lowest BCUT2D eigenvalue weighted by atomic mass is 9.80. The van der Waals surface area contributed by atoms with Crippen LogP contribution in [0.5, 0.6) is 17.4 Å². The average Bonchev–Trinajstić information content (AvgIpc) is 3.63. The zero-order valence-corrected chi connectivity index (χ0v) is 28.8. The number of ether oxygens (including phenoxy) is 3. The van der Waals surface area contributed by atoms with Crippen LogP contribution in [0.4, 0.5) is 10.6 Å². The van der Waals surface area contributed by atoms with E-state index in [-0.39, 0.29) is 11.3 Å². The Labute approximate surface area is 284 Å². The fraction of sp³-hybridized carbons (Fsp3) is 0.412. The molecule has 48 heavy (non-hydrogen) atoms. The number of rotatable bonds is 9. The topological polar surface area (TPSA) is 134 Å². The number of hydrogen-bond donors (Lipinski definition) is 1. The molecule has 5 aromatic rings. The Hall–Kier alpha value is -4.91. The molecule has 0 unspecified atom stereocenters. The molecule has 1 N–H and O–H groups in total. The number of hydrogen-bond acceptors (Lipinski definition) is 10. The number of carbonyl (C=O) groups excluding carboxylic acids is 1. The van der Waals surface area contributed by atoms with Gasteiger partial charge in [-0.05, 0) is 56.7 Å². The van der Waals surface area contributed by atoms with Crippen molar-refractivity contribution in [2.24, 2.45) is 12.5 Å². The predicted molar refractivity (Wildman–Crippen MR) is 183 cm³/mol. The Morgan fingerprint density at radius 1 is 1.08 bits per heavy atom. The minimum absolute atomic E-state index is 0.0689. The van der Waals surface area contributed by atoms with Crippen molar-refractivity contribution < 1.29 is 19.0 Å². The van der Waals surface area contributed by atoms with Crippen LogP contribution in [0.15, 0.2) is 55.1 Å². The van der Waals surface area contributed by atoms with E-state index in [4.69, 9.17) is 40.9 Å². The summed E-state index contributed by atoms with van der Waals surface area (Å²) in [6.45, 7) is 10.2. The van der Waals surface area contributed by atoms with Gasteiger partial charge in [-0.2, -0.15) is 5.10 Å². The first-order valence-electron chi connectivity index (χ1n) is 15.8. The highest BCUT2D eigenvalue weighted by atomic mass is 35.5. The van der Waals surface area contributed by atoms with E-state index in [1.54, 1.807) is 41.1 Å². The maximum absolute atomic E-state index is 12.3. The molecule has 1 amide bonds. The van der Waals surface area contributed by atoms with Gasteiger partial charge < -0.3 is 24.4 Å². The highest BCUT2D eigenvalue weighted by Gasteiger charge is 2.32. The lowest BCUT2D eigenvalue weighted by Crippen LogP contribution is -2.46. The number of fused-ring (bicyclic) bond motifs is 1. The van der Waals surface area contributed by atoms with Gasteiger partial charge >= 0.3 is 6.09 Å². The zero-order valence-electron chi connectivity index (χ0n) is 28.0. The predicted octanol–water partition coefficient (Wildman–Crippen LogP) is 6.26. The molecule has 0 aliphatic carbocycles. The molecule has 1 fully saturated rings. The minimum atomic E-state index is -0.538. The number of anilines is 1. The second-order valence-corrected chi connectivity index (χ2v) is 13.7. The van der Waals surface area contributed by atoms with Gasteiger partial charge in [-0.1, -0.05) is 30.7 Å². The van der Waals surface area contributed by atoms with Gasteiger partial charge in [0.05, 0.1) is 31.7 Å². The summed E-state index contributed by atoms with van der Waals surface area (Å²) in [4.78, 5) is 28.8. The Bertz CT molecular complexity index is 1910. The molecule has 4 aromatic heterocycles. The molecule has 0 atom stereocenters. The summed E-state index contributed by atoms with van der Waals surface area (Å²) in [5.41, 5.74) is 2.81. The number of piperidine rings is 1. The molecule has 14 heteroatoms. The molecule has 1 aliphatic rings. The van der Waals surface area contributed by atoms with E-state index < -0.39 is 11.7 Å². The van der Waals surface area contributed by atoms with E-state index in [0.29, 0.717) is 40.7 Å². The van der Waals surface area contributed by atoms with E-state index in [0.717, 1.165) is 48.6 Å². The second-order valence-electron chi connectivity index (χ2n) is 13.3. The van der Waals surface area contributed by atoms with Crippen molar-refractivity contribution in [3.05, 3.63) is 65.7 Å². The number of carbonyl (C=O) groups is 1. The number of nitrogens with zero attached hydrogens (tertiary/aromatic N) is 8. The van der Waals surface area contributed by atoms with Crippen molar-refractivity contribution in [2.75, 3.05) is 31.6 Å². The number of methoxy groups -OCH3 is 1. The third kappa shape index (κ3) is 7.46. The molecule has 0 spiro atoms. The van der Waals surface area contributed by atoms with Crippen molar-refractivity contribution in [1.29, 1.82) is 0 Å². The van der Waals surface area contributed by atoms with Crippen molar-refractivity contribution in [3.8, 4) is 28.6 Å². The number of halogens is 1. The summed E-state index contributed by atoms with van der Waals surface area (Å²) in [6, 6.07) is 9.49. The number of pyridine rings is 1. The summed E-state index contributed by atoms with van der Waals surface area (Å²) < 4.78 is 20.6. The first kappa shape index (κ1) is 33.0. The monoisotopic (exact) mass is 673 g/mol. The van der Waals surface area contributed by atoms with Gasteiger partial charge in [0.1, 0.15) is 22.2 Å². The van der Waals surface area contributed by atoms with Crippen LogP contribution in [0.3, 0.4) is 0 Å². The quantitative estimate of drug-likeness (QED) is 0.191. The van der Waals surface area contributed by atoms with Crippen LogP contribution in [0.25, 0.3) is 22.4 Å². The summed E-state index contributed by atoms with van der Waals surface area (Å²) in [7, 11) is 3.47. The van der Waals surface area contributed by atoms with Gasteiger partial charge in [0.15, 0.2) is 16.9 Å². The Balaban J connectivity index is 1.26. The molecule has 6 rings (SSSR count). The highest BCUT2D eigenvalue weighted by Crippen LogP contribution is 2.38. The molecule has 0 radical (unpaired) electrons. The standard InChI is InChI=1S/C34H40ClN9O4/c1-33(2,3)48-32(45)38-21-34(4)12-15-43(16-13-34)26-18-37-29-30(40-26)44(19-22-7-9-24(46-6)10-8-22)41-31(29)47-25-11-14-36-28(27(25)35)23-17-39-42(5)20-23/h7-11,14,17-18,20H,12-13,15-16,19,21H2,1-6H3,(H,38,45). The van der Waals surface area contributed by atoms with Crippen molar-refractivity contribution in [1.82, 2.24) is 39.8 Å². The first-order valence-corrected chi connectivity index (χ1v) is 16.2. The van der Waals surface area contributed by atoms with Crippen LogP contribution < -0.4 is 19.7 Å². The fourth-order valence-electron chi connectivity index (χ4n) is 5.55. The lowest BCUT2D eigenvalue weighted by Gasteiger charge is -2.40. The summed E-state index contributed by atoms with van der Waals surface area (Å²) in [6.07, 6.45) is 8.26. The maximum Gasteiger partial charge on any atom is 0.407 e. The van der Waals surface area contributed by atoms with Gasteiger partial charge in [0.2, 0.25) is 0 Å². The van der Waals surface area contributed by atoms with E-state index in [9.17, 15) is 4.79 Å². The smallest absolute Gasteiger partial charge is 0.407 e. The average molecular weight is 674 g/mol. The number of benzene rings is 1. The van der Waals surface area contributed by atoms with Gasteiger partial charge in [-0.15, -0.1) is 5.10 Å². The number of nitrogens with one attached hydrogen (secondary N) is 1. The summed E-state index contributed by atoms with van der Waals surface area (Å²) >= 11 is 6.79. The Morgan fingerprint density at radius 2 is 1.83 bits per heavy atom. The molecule has 252 valence electrons. The molecule has 0 saturated carbocycles. The Kier molecular flexibility index (Phi) is 9.15. The van der Waals surface area contributed by atoms with E-state index >= 15 is 0 Å². The second kappa shape index (κ2) is 13.3. The van der Waals surface area contributed by atoms with Crippen molar-refractivity contribution >= 4 is 34.7 Å². The number of aryl methyl sites for hydroxylation is 1. The SMILES string of the molecule is COc1ccc(Cn2nc(Oc3ccnc(-c4cnn(C)c4)c3Cl)c3ncc(N4CCC(C)(CNC(=O)OC(C)(C)C)CC4)nc32)cc1. The van der Waals surface area contributed by atoms with Crippen molar-refractivity contribution in [3.63, 3.8) is 0 Å². The first-order chi connectivity index (χ1) is 22.9. The summed E-state index contributed by atoms with van der Waals surface area (Å²) in [5.74, 6) is 2.18. The van der Waals surface area contributed by atoms with E-state index in [1.165, 1.54) is 0 Å². The molecule has 5 heterocycles. The molecular formula is C34H40ClN9O4. The molecule has 1 aromatic carbocycles. The largest absolute Gasteiger partial charge is 0.497 e. The number of aromatic nitrogens is 7. The number of alkyl carbamates (subject to hydrolysis) is 1. The van der Waals surface area contributed by atoms with Gasteiger partial charge in [-0.3, -0.25) is 9.67 Å². The zero-order chi connectivity index (χ0) is 34.1. The maximum atomic E-state index is 12.3.